The maximum atomic E-state index is 3.59. The maximum Gasteiger partial charge on any atom is 0.0357 e. The molecule has 1 saturated heterocycles. The summed E-state index contributed by atoms with van der Waals surface area (Å²) in [5.41, 5.74) is 1.45. The molecule has 1 aliphatic heterocycles. The van der Waals surface area contributed by atoms with Crippen LogP contribution in [0.25, 0.3) is 0 Å². The van der Waals surface area contributed by atoms with Gasteiger partial charge in [0.1, 0.15) is 0 Å². The number of benzene rings is 1. The van der Waals surface area contributed by atoms with Gasteiger partial charge in [0.15, 0.2) is 0 Å². The third kappa shape index (κ3) is 7.87. The molecule has 0 amide bonds. The van der Waals surface area contributed by atoms with Crippen molar-refractivity contribution in [2.24, 2.45) is 0 Å². The first kappa shape index (κ1) is 20.4. The van der Waals surface area contributed by atoms with E-state index in [9.17, 15) is 0 Å². The van der Waals surface area contributed by atoms with E-state index in [2.05, 4.69) is 71.5 Å². The second kappa shape index (κ2) is 11.6. The Hall–Kier alpha value is -0.940. The molecule has 1 atom stereocenters. The van der Waals surface area contributed by atoms with Gasteiger partial charge in [-0.1, -0.05) is 30.3 Å². The molecule has 4 heteroatoms. The molecule has 0 saturated carbocycles. The van der Waals surface area contributed by atoms with E-state index in [1.165, 1.54) is 50.9 Å². The van der Waals surface area contributed by atoms with Gasteiger partial charge in [0.05, 0.1) is 0 Å². The Bertz CT molecular complexity index is 450. The fourth-order valence-corrected chi connectivity index (χ4v) is 3.70. The molecule has 1 aliphatic rings. The van der Waals surface area contributed by atoms with Crippen LogP contribution in [0.5, 0.6) is 0 Å². The minimum absolute atomic E-state index is 0.514. The van der Waals surface area contributed by atoms with Crippen molar-refractivity contribution in [2.75, 3.05) is 67.0 Å². The predicted molar refractivity (Wildman–Crippen MR) is 108 cm³/mol. The molecule has 142 valence electrons. The first-order chi connectivity index (χ1) is 12.2. The smallest absolute Gasteiger partial charge is 0.0357 e. The van der Waals surface area contributed by atoms with Crippen molar-refractivity contribution in [3.8, 4) is 0 Å². The molecule has 1 unspecified atom stereocenters. The molecule has 2 rings (SSSR count). The molecule has 0 radical (unpaired) electrons. The summed E-state index contributed by atoms with van der Waals surface area (Å²) >= 11 is 0. The summed E-state index contributed by atoms with van der Waals surface area (Å²) in [6.45, 7) is 8.15. The lowest BCUT2D eigenvalue weighted by molar-refractivity contribution is 0.193. The van der Waals surface area contributed by atoms with Gasteiger partial charge in [-0.15, -0.1) is 0 Å². The molecule has 1 aromatic rings. The Balaban J connectivity index is 1.98. The van der Waals surface area contributed by atoms with E-state index in [4.69, 9.17) is 0 Å². The number of nitrogens with zero attached hydrogens (tertiary/aromatic N) is 3. The second-order valence-electron chi connectivity index (χ2n) is 7.61. The maximum absolute atomic E-state index is 3.59. The van der Waals surface area contributed by atoms with Crippen molar-refractivity contribution in [3.05, 3.63) is 35.9 Å². The van der Waals surface area contributed by atoms with E-state index < -0.39 is 0 Å². The number of hydrogen-bond acceptors (Lipinski definition) is 4. The fourth-order valence-electron chi connectivity index (χ4n) is 3.70. The molecule has 4 nitrogen and oxygen atoms in total. The molecule has 1 fully saturated rings. The van der Waals surface area contributed by atoms with Gasteiger partial charge in [0, 0.05) is 6.04 Å². The summed E-state index contributed by atoms with van der Waals surface area (Å²) in [5.74, 6) is 0. The van der Waals surface area contributed by atoms with Crippen molar-refractivity contribution in [1.29, 1.82) is 0 Å². The van der Waals surface area contributed by atoms with Gasteiger partial charge in [-0.2, -0.15) is 0 Å². The zero-order valence-corrected chi connectivity index (χ0v) is 16.6. The Labute approximate surface area is 155 Å². The van der Waals surface area contributed by atoms with E-state index in [0.29, 0.717) is 6.04 Å². The van der Waals surface area contributed by atoms with Crippen molar-refractivity contribution < 1.29 is 0 Å². The molecular formula is C21H38N4. The largest absolute Gasteiger partial charge is 0.317 e. The lowest BCUT2D eigenvalue weighted by Crippen LogP contribution is -2.33. The quantitative estimate of drug-likeness (QED) is 0.844. The Morgan fingerprint density at radius 2 is 1.36 bits per heavy atom. The standard InChI is InChI=1S/C21H38N4/c1-23-15-7-13-22-14-8-16-24(2)19-12-21(25(3)18-9-17-23)20-10-5-4-6-11-20/h4-6,10-11,21-22H,7-9,12-19H2,1-3H3. The van der Waals surface area contributed by atoms with Crippen LogP contribution in [-0.4, -0.2) is 81.7 Å². The van der Waals surface area contributed by atoms with Gasteiger partial charge in [0.25, 0.3) is 0 Å². The lowest BCUT2D eigenvalue weighted by Gasteiger charge is -2.31. The SMILES string of the molecule is CN1CCCNCCCN(C)CCC(c2ccccc2)N(C)CCC1. The first-order valence-corrected chi connectivity index (χ1v) is 10.00. The summed E-state index contributed by atoms with van der Waals surface area (Å²) in [6, 6.07) is 11.6. The van der Waals surface area contributed by atoms with E-state index in [1.807, 2.05) is 0 Å². The van der Waals surface area contributed by atoms with Crippen molar-refractivity contribution in [3.63, 3.8) is 0 Å². The Morgan fingerprint density at radius 3 is 2.04 bits per heavy atom. The summed E-state index contributed by atoms with van der Waals surface area (Å²) in [4.78, 5) is 7.53. The van der Waals surface area contributed by atoms with Gasteiger partial charge in [0.2, 0.25) is 0 Å². The monoisotopic (exact) mass is 346 g/mol. The Morgan fingerprint density at radius 1 is 0.760 bits per heavy atom. The average Bonchev–Trinajstić information content (AvgIpc) is 2.61. The van der Waals surface area contributed by atoms with Gasteiger partial charge in [-0.25, -0.2) is 0 Å². The summed E-state index contributed by atoms with van der Waals surface area (Å²) in [7, 11) is 6.82. The van der Waals surface area contributed by atoms with Crippen LogP contribution in [0.4, 0.5) is 0 Å². The Kier molecular flexibility index (Phi) is 9.48. The highest BCUT2D eigenvalue weighted by Crippen LogP contribution is 2.23. The van der Waals surface area contributed by atoms with Gasteiger partial charge in [-0.3, -0.25) is 4.90 Å². The van der Waals surface area contributed by atoms with Crippen LogP contribution in [0.3, 0.4) is 0 Å². The van der Waals surface area contributed by atoms with Crippen LogP contribution in [0.1, 0.15) is 37.3 Å². The van der Waals surface area contributed by atoms with Gasteiger partial charge >= 0.3 is 0 Å². The lowest BCUT2D eigenvalue weighted by atomic mass is 10.0. The summed E-state index contributed by atoms with van der Waals surface area (Å²) in [6.07, 6.45) is 4.91. The number of hydrogen-bond donors (Lipinski definition) is 1. The third-order valence-corrected chi connectivity index (χ3v) is 5.34. The number of nitrogens with one attached hydrogen (secondary N) is 1. The molecule has 0 aromatic heterocycles. The van der Waals surface area contributed by atoms with E-state index >= 15 is 0 Å². The van der Waals surface area contributed by atoms with Crippen LogP contribution >= 0.6 is 0 Å². The van der Waals surface area contributed by atoms with Crippen molar-refractivity contribution in [1.82, 2.24) is 20.0 Å². The zero-order chi connectivity index (χ0) is 17.9. The van der Waals surface area contributed by atoms with Crippen LogP contribution < -0.4 is 5.32 Å². The minimum atomic E-state index is 0.514. The van der Waals surface area contributed by atoms with Crippen LogP contribution in [0.15, 0.2) is 30.3 Å². The highest BCUT2D eigenvalue weighted by molar-refractivity contribution is 5.19. The number of rotatable bonds is 1. The molecule has 1 aromatic carbocycles. The van der Waals surface area contributed by atoms with Gasteiger partial charge in [-0.05, 0) is 98.2 Å². The molecule has 0 spiro atoms. The highest BCUT2D eigenvalue weighted by atomic mass is 15.2. The topological polar surface area (TPSA) is 21.8 Å². The van der Waals surface area contributed by atoms with E-state index in [0.717, 1.165) is 26.2 Å². The van der Waals surface area contributed by atoms with E-state index in [-0.39, 0.29) is 0 Å². The van der Waals surface area contributed by atoms with Crippen molar-refractivity contribution in [2.45, 2.75) is 31.7 Å². The molecule has 1 heterocycles. The zero-order valence-electron chi connectivity index (χ0n) is 16.6. The summed E-state index contributed by atoms with van der Waals surface area (Å²) in [5, 5.41) is 3.59. The summed E-state index contributed by atoms with van der Waals surface area (Å²) < 4.78 is 0. The molecular weight excluding hydrogens is 308 g/mol. The minimum Gasteiger partial charge on any atom is -0.317 e. The fraction of sp³-hybridized carbons (Fsp3) is 0.714. The van der Waals surface area contributed by atoms with Crippen LogP contribution in [0, 0.1) is 0 Å². The first-order valence-electron chi connectivity index (χ1n) is 10.00. The van der Waals surface area contributed by atoms with Gasteiger partial charge < -0.3 is 15.1 Å². The second-order valence-corrected chi connectivity index (χ2v) is 7.61. The van der Waals surface area contributed by atoms with Crippen LogP contribution in [-0.2, 0) is 0 Å². The van der Waals surface area contributed by atoms with E-state index in [1.54, 1.807) is 0 Å². The highest BCUT2D eigenvalue weighted by Gasteiger charge is 2.17. The molecule has 0 aliphatic carbocycles. The third-order valence-electron chi connectivity index (χ3n) is 5.34. The van der Waals surface area contributed by atoms with Crippen LogP contribution in [0.2, 0.25) is 0 Å². The predicted octanol–water partition coefficient (Wildman–Crippen LogP) is 2.69. The molecule has 0 bridgehead atoms. The molecule has 25 heavy (non-hydrogen) atoms. The normalized spacial score (nSPS) is 25.0. The van der Waals surface area contributed by atoms with Crippen molar-refractivity contribution >= 4 is 0 Å². The average molecular weight is 347 g/mol. The molecule has 1 N–H and O–H groups in total.